The zero-order chi connectivity index (χ0) is 7.11. The van der Waals surface area contributed by atoms with E-state index in [2.05, 4.69) is 0 Å². The van der Waals surface area contributed by atoms with Crippen molar-refractivity contribution in [1.29, 1.82) is 0 Å². The van der Waals surface area contributed by atoms with Crippen molar-refractivity contribution in [2.75, 3.05) is 0 Å². The summed E-state index contributed by atoms with van der Waals surface area (Å²) in [6, 6.07) is -0.384. The highest BCUT2D eigenvalue weighted by Crippen LogP contribution is 1.93. The second-order valence-corrected chi connectivity index (χ2v) is 1.90. The number of carbonyl (C=O) groups excluding carboxylic acids is 2. The summed E-state index contributed by atoms with van der Waals surface area (Å²) in [5.41, 5.74) is 5.23. The Balaban J connectivity index is 3.05. The van der Waals surface area contributed by atoms with Crippen LogP contribution in [0.25, 0.3) is 0 Å². The van der Waals surface area contributed by atoms with E-state index in [9.17, 15) is 9.59 Å². The first-order valence-electron chi connectivity index (χ1n) is 2.95. The van der Waals surface area contributed by atoms with E-state index in [1.54, 1.807) is 0 Å². The van der Waals surface area contributed by atoms with Crippen molar-refractivity contribution in [1.82, 2.24) is 0 Å². The first kappa shape index (κ1) is 8.30. The van der Waals surface area contributed by atoms with Crippen LogP contribution in [0.5, 0.6) is 0 Å². The molecule has 0 aliphatic carbocycles. The Labute approximate surface area is 54.2 Å². The third kappa shape index (κ3) is 5.17. The number of aldehydes is 2. The molecule has 2 N–H and O–H groups in total. The largest absolute Gasteiger partial charge is 0.322 e. The van der Waals surface area contributed by atoms with E-state index in [0.29, 0.717) is 25.5 Å². The van der Waals surface area contributed by atoms with Crippen LogP contribution >= 0.6 is 0 Å². The molecule has 52 valence electrons. The van der Waals surface area contributed by atoms with Gasteiger partial charge < -0.3 is 15.3 Å². The fourth-order valence-electron chi connectivity index (χ4n) is 0.505. The molecule has 0 spiro atoms. The molecule has 0 bridgehead atoms. The van der Waals surface area contributed by atoms with Crippen molar-refractivity contribution < 1.29 is 9.59 Å². The lowest BCUT2D eigenvalue weighted by Crippen LogP contribution is -2.20. The smallest absolute Gasteiger partial charge is 0.136 e. The Hall–Kier alpha value is -0.700. The Morgan fingerprint density at radius 3 is 2.56 bits per heavy atom. The molecule has 1 unspecified atom stereocenters. The van der Waals surface area contributed by atoms with Gasteiger partial charge in [-0.25, -0.2) is 0 Å². The van der Waals surface area contributed by atoms with Crippen LogP contribution in [0.3, 0.4) is 0 Å². The predicted octanol–water partition coefficient (Wildman–Crippen LogP) is -0.118. The van der Waals surface area contributed by atoms with Crippen LogP contribution in [-0.4, -0.2) is 18.6 Å². The van der Waals surface area contributed by atoms with E-state index in [1.165, 1.54) is 0 Å². The molecule has 0 saturated heterocycles. The van der Waals surface area contributed by atoms with Gasteiger partial charge in [-0.15, -0.1) is 0 Å². The minimum atomic E-state index is -0.384. The minimum Gasteiger partial charge on any atom is -0.322 e. The van der Waals surface area contributed by atoms with Crippen molar-refractivity contribution >= 4 is 12.6 Å². The zero-order valence-electron chi connectivity index (χ0n) is 5.25. The topological polar surface area (TPSA) is 60.2 Å². The molecule has 0 saturated carbocycles. The summed E-state index contributed by atoms with van der Waals surface area (Å²) in [4.78, 5) is 19.6. The molecule has 0 aliphatic rings. The van der Waals surface area contributed by atoms with Crippen LogP contribution in [0.2, 0.25) is 0 Å². The van der Waals surface area contributed by atoms with Gasteiger partial charge in [0, 0.05) is 6.42 Å². The summed E-state index contributed by atoms with van der Waals surface area (Å²) in [5, 5.41) is 0. The lowest BCUT2D eigenvalue weighted by molar-refractivity contribution is -0.110. The van der Waals surface area contributed by atoms with Crippen molar-refractivity contribution in [3.05, 3.63) is 0 Å². The standard InChI is InChI=1S/C6H11NO2/c7-6(5-9)3-1-2-4-8/h4-6H,1-3,7H2. The normalized spacial score (nSPS) is 12.6. The van der Waals surface area contributed by atoms with Crippen LogP contribution < -0.4 is 5.73 Å². The maximum Gasteiger partial charge on any atom is 0.136 e. The number of unbranched alkanes of at least 4 members (excludes halogenated alkanes) is 1. The van der Waals surface area contributed by atoms with Crippen LogP contribution in [0.15, 0.2) is 0 Å². The van der Waals surface area contributed by atoms with E-state index < -0.39 is 0 Å². The lowest BCUT2D eigenvalue weighted by Gasteiger charge is -1.98. The average Bonchev–Trinajstić information content (AvgIpc) is 1.89. The molecule has 0 amide bonds. The summed E-state index contributed by atoms with van der Waals surface area (Å²) in [6.07, 6.45) is 3.36. The number of rotatable bonds is 5. The monoisotopic (exact) mass is 129 g/mol. The Morgan fingerprint density at radius 1 is 1.44 bits per heavy atom. The van der Waals surface area contributed by atoms with Crippen molar-refractivity contribution in [3.8, 4) is 0 Å². The minimum absolute atomic E-state index is 0.384. The molecule has 3 nitrogen and oxygen atoms in total. The molecule has 9 heavy (non-hydrogen) atoms. The second kappa shape index (κ2) is 5.44. The zero-order valence-corrected chi connectivity index (χ0v) is 5.25. The molecule has 0 aliphatic heterocycles. The molecule has 1 atom stereocenters. The van der Waals surface area contributed by atoms with Crippen LogP contribution in [0, 0.1) is 0 Å². The molecule has 0 aromatic heterocycles. The third-order valence-corrected chi connectivity index (χ3v) is 1.03. The van der Waals surface area contributed by atoms with Gasteiger partial charge in [-0.1, -0.05) is 0 Å². The SMILES string of the molecule is NC(C=O)CCCC=O. The summed E-state index contributed by atoms with van der Waals surface area (Å²) < 4.78 is 0. The van der Waals surface area contributed by atoms with E-state index in [-0.39, 0.29) is 6.04 Å². The molecule has 0 aromatic rings. The maximum atomic E-state index is 9.89. The first-order valence-corrected chi connectivity index (χ1v) is 2.95. The quantitative estimate of drug-likeness (QED) is 0.416. The number of hydrogen-bond acceptors (Lipinski definition) is 3. The number of nitrogens with two attached hydrogens (primary N) is 1. The Morgan fingerprint density at radius 2 is 2.11 bits per heavy atom. The van der Waals surface area contributed by atoms with Gasteiger partial charge in [0.2, 0.25) is 0 Å². The van der Waals surface area contributed by atoms with Crippen LogP contribution in [0.4, 0.5) is 0 Å². The van der Waals surface area contributed by atoms with Gasteiger partial charge in [0.1, 0.15) is 12.6 Å². The van der Waals surface area contributed by atoms with E-state index >= 15 is 0 Å². The lowest BCUT2D eigenvalue weighted by atomic mass is 10.1. The Kier molecular flexibility index (Phi) is 5.01. The molecule has 0 radical (unpaired) electrons. The van der Waals surface area contributed by atoms with E-state index in [1.807, 2.05) is 0 Å². The molecule has 3 heteroatoms. The van der Waals surface area contributed by atoms with Gasteiger partial charge in [0.15, 0.2) is 0 Å². The maximum absolute atomic E-state index is 9.89. The highest BCUT2D eigenvalue weighted by Gasteiger charge is 1.96. The number of hydrogen-bond donors (Lipinski definition) is 1. The highest BCUT2D eigenvalue weighted by molar-refractivity contribution is 5.57. The molecular formula is C6H11NO2. The van der Waals surface area contributed by atoms with Gasteiger partial charge in [-0.3, -0.25) is 0 Å². The first-order chi connectivity index (χ1) is 4.31. The molecule has 0 heterocycles. The molecular weight excluding hydrogens is 118 g/mol. The third-order valence-electron chi connectivity index (χ3n) is 1.03. The number of carbonyl (C=O) groups is 2. The van der Waals surface area contributed by atoms with Gasteiger partial charge in [0.05, 0.1) is 6.04 Å². The van der Waals surface area contributed by atoms with E-state index in [4.69, 9.17) is 5.73 Å². The Bertz CT molecular complexity index is 93.1. The van der Waals surface area contributed by atoms with Gasteiger partial charge in [-0.05, 0) is 12.8 Å². The molecule has 0 rings (SSSR count). The fraction of sp³-hybridized carbons (Fsp3) is 0.667. The highest BCUT2D eigenvalue weighted by atomic mass is 16.1. The van der Waals surface area contributed by atoms with Gasteiger partial charge in [0.25, 0.3) is 0 Å². The molecule has 0 fully saturated rings. The van der Waals surface area contributed by atoms with Crippen LogP contribution in [-0.2, 0) is 9.59 Å². The second-order valence-electron chi connectivity index (χ2n) is 1.90. The average molecular weight is 129 g/mol. The predicted molar refractivity (Wildman–Crippen MR) is 34.0 cm³/mol. The summed E-state index contributed by atoms with van der Waals surface area (Å²) in [6.45, 7) is 0. The molecule has 0 aromatic carbocycles. The summed E-state index contributed by atoms with van der Waals surface area (Å²) >= 11 is 0. The van der Waals surface area contributed by atoms with Crippen LogP contribution in [0.1, 0.15) is 19.3 Å². The van der Waals surface area contributed by atoms with Crippen molar-refractivity contribution in [2.45, 2.75) is 25.3 Å². The summed E-state index contributed by atoms with van der Waals surface area (Å²) in [7, 11) is 0. The summed E-state index contributed by atoms with van der Waals surface area (Å²) in [5.74, 6) is 0. The van der Waals surface area contributed by atoms with Crippen molar-refractivity contribution in [2.24, 2.45) is 5.73 Å². The van der Waals surface area contributed by atoms with Gasteiger partial charge in [-0.2, -0.15) is 0 Å². The van der Waals surface area contributed by atoms with E-state index in [0.717, 1.165) is 6.29 Å². The van der Waals surface area contributed by atoms with Gasteiger partial charge >= 0.3 is 0 Å². The van der Waals surface area contributed by atoms with Crippen molar-refractivity contribution in [3.63, 3.8) is 0 Å². The fourth-order valence-corrected chi connectivity index (χ4v) is 0.505.